The molecule has 1 fully saturated rings. The van der Waals surface area contributed by atoms with Gasteiger partial charge < -0.3 is 15.5 Å². The minimum atomic E-state index is -0.482. The Balaban J connectivity index is 1.51. The van der Waals surface area contributed by atoms with Gasteiger partial charge in [0.25, 0.3) is 0 Å². The third kappa shape index (κ3) is 5.34. The number of amides is 2. The molecule has 1 atom stereocenters. The molecule has 7 nitrogen and oxygen atoms in total. The second-order valence-corrected chi connectivity index (χ2v) is 10.3. The minimum absolute atomic E-state index is 0.0507. The van der Waals surface area contributed by atoms with Crippen LogP contribution in [0.1, 0.15) is 30.7 Å². The lowest BCUT2D eigenvalue weighted by atomic mass is 9.99. The first-order valence-corrected chi connectivity index (χ1v) is 12.0. The Hall–Kier alpha value is -2.97. The molecule has 172 valence electrons. The molecular weight excluding hydrogens is 458 g/mol. The maximum Gasteiger partial charge on any atom is 0.312 e. The van der Waals surface area contributed by atoms with Crippen molar-refractivity contribution in [1.29, 1.82) is 0 Å². The van der Waals surface area contributed by atoms with Gasteiger partial charge in [-0.15, -0.1) is 11.3 Å². The van der Waals surface area contributed by atoms with Gasteiger partial charge in [-0.05, 0) is 48.2 Å². The number of thiophene rings is 1. The van der Waals surface area contributed by atoms with Gasteiger partial charge in [0.05, 0.1) is 15.9 Å². The SMILES string of the molecule is CC(C)CC1CN(Cc2ccc3c(N)ncnc3c2)C(=O)C(=O)N1C/C=C/c1ccc(Cl)s1. The van der Waals surface area contributed by atoms with Crippen LogP contribution < -0.4 is 5.73 Å². The standard InChI is InChI=1S/C24H26ClN5O2S/c1-15(2)10-17-13-29(12-16-5-7-19-20(11-16)27-14-28-22(19)26)23(31)24(32)30(17)9-3-4-18-6-8-21(25)33-18/h3-8,11,14-15,17H,9-10,12-13H2,1-2H3,(H2,26,27,28)/b4-3+. The van der Waals surface area contributed by atoms with Crippen molar-refractivity contribution >= 4 is 57.5 Å². The zero-order valence-corrected chi connectivity index (χ0v) is 20.1. The Morgan fingerprint density at radius 2 is 2.03 bits per heavy atom. The second kappa shape index (κ2) is 9.89. The summed E-state index contributed by atoms with van der Waals surface area (Å²) < 4.78 is 0.718. The number of nitrogen functional groups attached to an aromatic ring is 1. The van der Waals surface area contributed by atoms with Gasteiger partial charge in [0.15, 0.2) is 0 Å². The topological polar surface area (TPSA) is 92.4 Å². The summed E-state index contributed by atoms with van der Waals surface area (Å²) in [5, 5.41) is 0.768. The van der Waals surface area contributed by atoms with Gasteiger partial charge in [-0.1, -0.05) is 37.6 Å². The Morgan fingerprint density at radius 1 is 1.21 bits per heavy atom. The zero-order valence-electron chi connectivity index (χ0n) is 18.6. The van der Waals surface area contributed by atoms with Gasteiger partial charge in [-0.25, -0.2) is 9.97 Å². The van der Waals surface area contributed by atoms with E-state index in [1.807, 2.05) is 42.5 Å². The van der Waals surface area contributed by atoms with Crippen molar-refractivity contribution in [3.05, 3.63) is 57.5 Å². The first-order valence-electron chi connectivity index (χ1n) is 10.8. The maximum absolute atomic E-state index is 13.1. The van der Waals surface area contributed by atoms with Crippen LogP contribution in [0.3, 0.4) is 0 Å². The largest absolute Gasteiger partial charge is 0.383 e. The summed E-state index contributed by atoms with van der Waals surface area (Å²) in [4.78, 5) is 38.7. The fourth-order valence-corrected chi connectivity index (χ4v) is 5.11. The van der Waals surface area contributed by atoms with Gasteiger partial charge in [-0.2, -0.15) is 0 Å². The van der Waals surface area contributed by atoms with Crippen molar-refractivity contribution in [3.8, 4) is 0 Å². The van der Waals surface area contributed by atoms with Crippen LogP contribution >= 0.6 is 22.9 Å². The van der Waals surface area contributed by atoms with E-state index in [2.05, 4.69) is 23.8 Å². The lowest BCUT2D eigenvalue weighted by molar-refractivity contribution is -0.159. The summed E-state index contributed by atoms with van der Waals surface area (Å²) in [6.07, 6.45) is 6.10. The average molecular weight is 484 g/mol. The fourth-order valence-electron chi connectivity index (χ4n) is 4.12. The van der Waals surface area contributed by atoms with Crippen molar-refractivity contribution in [2.24, 2.45) is 5.92 Å². The molecule has 0 bridgehead atoms. The van der Waals surface area contributed by atoms with E-state index in [0.717, 1.165) is 32.1 Å². The molecule has 0 saturated carbocycles. The Bertz CT molecular complexity index is 1210. The maximum atomic E-state index is 13.1. The number of anilines is 1. The molecule has 4 rings (SSSR count). The first kappa shape index (κ1) is 23.2. The van der Waals surface area contributed by atoms with Gasteiger partial charge >= 0.3 is 11.8 Å². The van der Waals surface area contributed by atoms with Crippen molar-refractivity contribution < 1.29 is 9.59 Å². The number of nitrogens with two attached hydrogens (primary N) is 1. The van der Waals surface area contributed by atoms with Crippen molar-refractivity contribution in [2.45, 2.75) is 32.9 Å². The molecule has 2 N–H and O–H groups in total. The van der Waals surface area contributed by atoms with Crippen molar-refractivity contribution in [2.75, 3.05) is 18.8 Å². The van der Waals surface area contributed by atoms with E-state index in [0.29, 0.717) is 31.4 Å². The van der Waals surface area contributed by atoms with E-state index in [9.17, 15) is 9.59 Å². The van der Waals surface area contributed by atoms with Crippen molar-refractivity contribution in [3.63, 3.8) is 0 Å². The highest BCUT2D eigenvalue weighted by Crippen LogP contribution is 2.25. The zero-order chi connectivity index (χ0) is 23.5. The molecule has 0 radical (unpaired) electrons. The second-order valence-electron chi connectivity index (χ2n) is 8.58. The van der Waals surface area contributed by atoms with Gasteiger partial charge in [0.1, 0.15) is 12.1 Å². The van der Waals surface area contributed by atoms with Crippen LogP contribution in [0, 0.1) is 5.92 Å². The summed E-state index contributed by atoms with van der Waals surface area (Å²) >= 11 is 7.46. The number of aromatic nitrogens is 2. The third-order valence-electron chi connectivity index (χ3n) is 5.63. The summed E-state index contributed by atoms with van der Waals surface area (Å²) in [6.45, 7) is 5.47. The predicted molar refractivity (Wildman–Crippen MR) is 133 cm³/mol. The van der Waals surface area contributed by atoms with Gasteiger partial charge in [-0.3, -0.25) is 9.59 Å². The molecule has 0 spiro atoms. The smallest absolute Gasteiger partial charge is 0.312 e. The number of carbonyl (C=O) groups is 2. The molecule has 33 heavy (non-hydrogen) atoms. The van der Waals surface area contributed by atoms with Crippen LogP contribution in [0.5, 0.6) is 0 Å². The molecule has 3 heterocycles. The van der Waals surface area contributed by atoms with Crippen LogP contribution in [0.4, 0.5) is 5.82 Å². The van der Waals surface area contributed by atoms with Gasteiger partial charge in [0, 0.05) is 29.9 Å². The summed E-state index contributed by atoms with van der Waals surface area (Å²) in [7, 11) is 0. The number of benzene rings is 1. The summed E-state index contributed by atoms with van der Waals surface area (Å²) in [6, 6.07) is 9.37. The molecule has 1 unspecified atom stereocenters. The van der Waals surface area contributed by atoms with Crippen LogP contribution in [0.15, 0.2) is 42.7 Å². The van der Waals surface area contributed by atoms with E-state index in [4.69, 9.17) is 17.3 Å². The van der Waals surface area contributed by atoms with E-state index in [-0.39, 0.29) is 6.04 Å². The van der Waals surface area contributed by atoms with Gasteiger partial charge in [0.2, 0.25) is 0 Å². The average Bonchev–Trinajstić information content (AvgIpc) is 3.18. The quantitative estimate of drug-likeness (QED) is 0.508. The number of nitrogens with zero attached hydrogens (tertiary/aromatic N) is 4. The highest BCUT2D eigenvalue weighted by molar-refractivity contribution is 7.16. The van der Waals surface area contributed by atoms with Crippen LogP contribution in [-0.2, 0) is 16.1 Å². The highest BCUT2D eigenvalue weighted by atomic mass is 35.5. The molecule has 9 heteroatoms. The normalized spacial score (nSPS) is 17.2. The monoisotopic (exact) mass is 483 g/mol. The first-order chi connectivity index (χ1) is 15.8. The number of halogens is 1. The number of carbonyl (C=O) groups excluding carboxylic acids is 2. The third-order valence-corrected chi connectivity index (χ3v) is 6.83. The van der Waals surface area contributed by atoms with E-state index < -0.39 is 11.8 Å². The Morgan fingerprint density at radius 3 is 2.76 bits per heavy atom. The number of hydrogen-bond acceptors (Lipinski definition) is 6. The number of hydrogen-bond donors (Lipinski definition) is 1. The molecule has 1 aliphatic heterocycles. The summed E-state index contributed by atoms with van der Waals surface area (Å²) in [5.74, 6) is -0.139. The lowest BCUT2D eigenvalue weighted by Gasteiger charge is -2.41. The number of fused-ring (bicyclic) bond motifs is 1. The minimum Gasteiger partial charge on any atom is -0.383 e. The molecular formula is C24H26ClN5O2S. The molecule has 3 aromatic rings. The predicted octanol–water partition coefficient (Wildman–Crippen LogP) is 4.23. The fraction of sp³-hybridized carbons (Fsp3) is 0.333. The highest BCUT2D eigenvalue weighted by Gasteiger charge is 2.38. The Kier molecular flexibility index (Phi) is 6.95. The van der Waals surface area contributed by atoms with Crippen LogP contribution in [0.2, 0.25) is 4.34 Å². The van der Waals surface area contributed by atoms with E-state index in [1.165, 1.54) is 17.7 Å². The number of rotatable bonds is 7. The molecule has 1 aromatic carbocycles. The molecule has 1 aliphatic rings. The van der Waals surface area contributed by atoms with E-state index in [1.54, 1.807) is 9.80 Å². The van der Waals surface area contributed by atoms with E-state index >= 15 is 0 Å². The van der Waals surface area contributed by atoms with Crippen LogP contribution in [0.25, 0.3) is 17.0 Å². The molecule has 2 amide bonds. The lowest BCUT2D eigenvalue weighted by Crippen LogP contribution is -2.59. The summed E-state index contributed by atoms with van der Waals surface area (Å²) in [5.41, 5.74) is 7.53. The number of piperazine rings is 1. The Labute approximate surface area is 201 Å². The van der Waals surface area contributed by atoms with Crippen molar-refractivity contribution in [1.82, 2.24) is 19.8 Å². The van der Waals surface area contributed by atoms with Crippen LogP contribution in [-0.4, -0.2) is 50.7 Å². The molecule has 2 aromatic heterocycles. The molecule has 0 aliphatic carbocycles. The molecule has 1 saturated heterocycles.